The van der Waals surface area contributed by atoms with Gasteiger partial charge in [-0.1, -0.05) is 322 Å². The van der Waals surface area contributed by atoms with E-state index in [0.29, 0.717) is 0 Å². The van der Waals surface area contributed by atoms with E-state index in [9.17, 15) is 0 Å². The van der Waals surface area contributed by atoms with Crippen molar-refractivity contribution in [2.75, 3.05) is 0 Å². The Kier molecular flexibility index (Phi) is 11.5. The lowest BCUT2D eigenvalue weighted by atomic mass is 9.62. The Labute approximate surface area is 551 Å². The molecule has 16 aromatic rings. The lowest BCUT2D eigenvalue weighted by Crippen LogP contribution is -2.34. The van der Waals surface area contributed by atoms with Crippen LogP contribution in [0.2, 0.25) is 0 Å². The first-order valence-electron chi connectivity index (χ1n) is 33.1. The molecule has 0 saturated carbocycles. The lowest BCUT2D eigenvalue weighted by Gasteiger charge is -2.43. The van der Waals surface area contributed by atoms with Gasteiger partial charge in [-0.25, -0.2) is 0 Å². The molecule has 442 valence electrons. The highest BCUT2D eigenvalue weighted by Crippen LogP contribution is 2.67. The number of hydrogen-bond acceptors (Lipinski definition) is 2. The van der Waals surface area contributed by atoms with Crippen LogP contribution in [0.1, 0.15) is 66.8 Å². The average Bonchev–Trinajstić information content (AvgIpc) is 1.59. The Morgan fingerprint density at radius 3 is 1.04 bits per heavy atom. The largest absolute Gasteiger partial charge is 0.457 e. The number of rotatable bonds is 7. The minimum Gasteiger partial charge on any atom is -0.457 e. The Bertz CT molecular complexity index is 5530. The Hall–Kier alpha value is -12.1. The van der Waals surface area contributed by atoms with Crippen LogP contribution >= 0.6 is 0 Å². The molecule has 0 radical (unpaired) electrons. The first kappa shape index (κ1) is 53.6. The summed E-state index contributed by atoms with van der Waals surface area (Å²) in [6.45, 7) is 0. The van der Waals surface area contributed by atoms with Gasteiger partial charge in [0, 0.05) is 22.3 Å². The summed E-state index contributed by atoms with van der Waals surface area (Å²) in [4.78, 5) is 0. The van der Waals surface area contributed by atoms with Gasteiger partial charge in [-0.2, -0.15) is 0 Å². The fourth-order valence-corrected chi connectivity index (χ4v) is 18.1. The zero-order chi connectivity index (χ0) is 62.4. The second-order valence-electron chi connectivity index (χ2n) is 25.8. The molecule has 20 rings (SSSR count). The summed E-state index contributed by atoms with van der Waals surface area (Å²) in [6.07, 6.45) is 0. The van der Waals surface area contributed by atoms with Crippen molar-refractivity contribution in [3.05, 3.63) is 419 Å². The molecule has 0 bridgehead atoms. The molecule has 2 heterocycles. The number of benzene rings is 16. The quantitative estimate of drug-likeness (QED) is 0.148. The van der Waals surface area contributed by atoms with Crippen LogP contribution in [-0.4, -0.2) is 0 Å². The van der Waals surface area contributed by atoms with Gasteiger partial charge in [0.2, 0.25) is 0 Å². The van der Waals surface area contributed by atoms with Crippen LogP contribution < -0.4 is 9.47 Å². The topological polar surface area (TPSA) is 18.5 Å². The predicted octanol–water partition coefficient (Wildman–Crippen LogP) is 23.5. The lowest BCUT2D eigenvalue weighted by molar-refractivity contribution is 0.435. The Balaban J connectivity index is 0.938. The standard InChI is InChI=1S/C93H58O2/c1-5-29-60(30-6-1)91(61-31-7-2-8-32-61)78-49-19-21-52-82(78)94-84-54-26-44-69(89(84)91)65-40-23-42-67-74(65)58-75-66(70-45-27-55-85-90(70)92(62-33-9-3-10-34-62,63-35-11-4-12-36-63)79-50-20-22-53-83(79)95-85)41-24-43-68(75)86(67)73-46-25-51-80-88(73)72-39-16-18-48-77(72)93(80)76-47-17-15-38-71(76)87-64-37-14-13-28-59(64)56-57-81(87)93/h1-58H. The van der Waals surface area contributed by atoms with Crippen LogP contribution in [0.3, 0.4) is 0 Å². The summed E-state index contributed by atoms with van der Waals surface area (Å²) >= 11 is 0. The molecular formula is C93H58O2. The van der Waals surface area contributed by atoms with Crippen molar-refractivity contribution in [3.63, 3.8) is 0 Å². The molecular weight excluding hydrogens is 1150 g/mol. The molecule has 16 aromatic carbocycles. The zero-order valence-corrected chi connectivity index (χ0v) is 51.8. The fourth-order valence-electron chi connectivity index (χ4n) is 18.1. The second-order valence-corrected chi connectivity index (χ2v) is 25.8. The van der Waals surface area contributed by atoms with Gasteiger partial charge in [0.1, 0.15) is 23.0 Å². The Morgan fingerprint density at radius 1 is 0.179 bits per heavy atom. The van der Waals surface area contributed by atoms with Crippen molar-refractivity contribution >= 4 is 32.3 Å². The van der Waals surface area contributed by atoms with Gasteiger partial charge >= 0.3 is 0 Å². The van der Waals surface area contributed by atoms with E-state index in [2.05, 4.69) is 352 Å². The van der Waals surface area contributed by atoms with E-state index in [1.807, 2.05) is 0 Å². The molecule has 0 saturated heterocycles. The first-order valence-corrected chi connectivity index (χ1v) is 33.1. The molecule has 0 aromatic heterocycles. The van der Waals surface area contributed by atoms with Crippen LogP contribution in [0, 0.1) is 0 Å². The normalized spacial score (nSPS) is 15.3. The van der Waals surface area contributed by atoms with Gasteiger partial charge in [-0.3, -0.25) is 0 Å². The summed E-state index contributed by atoms with van der Waals surface area (Å²) in [7, 11) is 0. The van der Waals surface area contributed by atoms with Crippen molar-refractivity contribution in [2.45, 2.75) is 16.2 Å². The Morgan fingerprint density at radius 2 is 0.526 bits per heavy atom. The van der Waals surface area contributed by atoms with Gasteiger partial charge in [0.15, 0.2) is 0 Å². The minimum absolute atomic E-state index is 0.593. The van der Waals surface area contributed by atoms with Crippen LogP contribution in [0.4, 0.5) is 0 Å². The van der Waals surface area contributed by atoms with Crippen molar-refractivity contribution < 1.29 is 9.47 Å². The number of fused-ring (bicyclic) bond motifs is 18. The zero-order valence-electron chi connectivity index (χ0n) is 51.8. The second kappa shape index (κ2) is 20.4. The van der Waals surface area contributed by atoms with Crippen molar-refractivity contribution in [3.8, 4) is 78.6 Å². The smallest absolute Gasteiger partial charge is 0.132 e. The predicted molar refractivity (Wildman–Crippen MR) is 388 cm³/mol. The molecule has 2 heteroatoms. The molecule has 0 amide bonds. The molecule has 0 fully saturated rings. The van der Waals surface area contributed by atoms with Crippen molar-refractivity contribution in [1.29, 1.82) is 0 Å². The SMILES string of the molecule is c1ccc(C2(c3ccccc3)c3ccccc3Oc3cccc(-c4cccc5c(-c6cccc7c6-c6ccccc6C76c7ccccc7-c7c6ccc6ccccc76)c6cccc(-c7cccc8c7C(c7ccccc7)(c7ccccc7)c7ccccc7O8)c6cc45)c32)cc1. The molecule has 2 aliphatic carbocycles. The van der Waals surface area contributed by atoms with E-state index in [1.54, 1.807) is 0 Å². The summed E-state index contributed by atoms with van der Waals surface area (Å²) in [5, 5.41) is 7.11. The number of ether oxygens (including phenoxy) is 2. The van der Waals surface area contributed by atoms with Crippen LogP contribution in [0.5, 0.6) is 23.0 Å². The maximum atomic E-state index is 7.25. The summed E-state index contributed by atoms with van der Waals surface area (Å²) in [5.41, 5.74) is 24.0. The third-order valence-electron chi connectivity index (χ3n) is 21.5. The fraction of sp³-hybridized carbons (Fsp3) is 0.0323. The highest BCUT2D eigenvalue weighted by molar-refractivity contribution is 6.22. The highest BCUT2D eigenvalue weighted by Gasteiger charge is 2.54. The third kappa shape index (κ3) is 7.18. The van der Waals surface area contributed by atoms with Gasteiger partial charge in [0.05, 0.1) is 16.2 Å². The van der Waals surface area contributed by atoms with Crippen LogP contribution in [-0.2, 0) is 16.2 Å². The first-order chi connectivity index (χ1) is 47.2. The van der Waals surface area contributed by atoms with Crippen LogP contribution in [0.15, 0.2) is 352 Å². The molecule has 1 spiro atoms. The molecule has 0 N–H and O–H groups in total. The maximum Gasteiger partial charge on any atom is 0.132 e. The van der Waals surface area contributed by atoms with Gasteiger partial charge < -0.3 is 9.47 Å². The molecule has 1 unspecified atom stereocenters. The van der Waals surface area contributed by atoms with E-state index >= 15 is 0 Å². The van der Waals surface area contributed by atoms with Gasteiger partial charge in [0.25, 0.3) is 0 Å². The van der Waals surface area contributed by atoms with E-state index in [4.69, 9.17) is 9.47 Å². The van der Waals surface area contributed by atoms with Crippen LogP contribution in [0.25, 0.3) is 88.0 Å². The summed E-state index contributed by atoms with van der Waals surface area (Å²) in [5.74, 6) is 3.35. The minimum atomic E-state index is -0.786. The summed E-state index contributed by atoms with van der Waals surface area (Å²) in [6, 6.07) is 131. The average molecular weight is 1210 g/mol. The van der Waals surface area contributed by atoms with Crippen molar-refractivity contribution in [2.24, 2.45) is 0 Å². The van der Waals surface area contributed by atoms with Crippen molar-refractivity contribution in [1.82, 2.24) is 0 Å². The van der Waals surface area contributed by atoms with E-state index in [0.717, 1.165) is 111 Å². The molecule has 4 aliphatic rings. The van der Waals surface area contributed by atoms with E-state index in [-0.39, 0.29) is 0 Å². The van der Waals surface area contributed by atoms with E-state index in [1.165, 1.54) is 66.4 Å². The number of para-hydroxylation sites is 2. The third-order valence-corrected chi connectivity index (χ3v) is 21.5. The molecule has 95 heavy (non-hydrogen) atoms. The van der Waals surface area contributed by atoms with Gasteiger partial charge in [-0.15, -0.1) is 0 Å². The highest BCUT2D eigenvalue weighted by atomic mass is 16.5. The van der Waals surface area contributed by atoms with Gasteiger partial charge in [-0.05, 0) is 163 Å². The molecule has 1 atom stereocenters. The molecule has 2 nitrogen and oxygen atoms in total. The van der Waals surface area contributed by atoms with E-state index < -0.39 is 16.2 Å². The number of hydrogen-bond donors (Lipinski definition) is 0. The molecule has 2 aliphatic heterocycles. The summed E-state index contributed by atoms with van der Waals surface area (Å²) < 4.78 is 14.5. The monoisotopic (exact) mass is 1210 g/mol. The maximum absolute atomic E-state index is 7.25.